The number of piperazine rings is 1. The lowest BCUT2D eigenvalue weighted by Gasteiger charge is -2.37. The van der Waals surface area contributed by atoms with Crippen LogP contribution in [0.2, 0.25) is 5.02 Å². The van der Waals surface area contributed by atoms with Gasteiger partial charge in [0.1, 0.15) is 0 Å². The summed E-state index contributed by atoms with van der Waals surface area (Å²) in [5.74, 6) is -4.41. The Kier molecular flexibility index (Phi) is 11.8. The molecule has 2 aliphatic rings. The Morgan fingerprint density at radius 1 is 0.976 bits per heavy atom. The number of carbonyl (C=O) groups is 4. The fourth-order valence-electron chi connectivity index (χ4n) is 5.13. The lowest BCUT2D eigenvalue weighted by Crippen LogP contribution is -2.51. The molecule has 0 bridgehead atoms. The summed E-state index contributed by atoms with van der Waals surface area (Å²) in [6, 6.07) is 8.55. The maximum atomic E-state index is 13.1. The summed E-state index contributed by atoms with van der Waals surface area (Å²) in [5.41, 5.74) is -0.554. The molecule has 1 amide bonds. The monoisotopic (exact) mass is 625 g/mol. The lowest BCUT2D eigenvalue weighted by molar-refractivity contribution is -0.170. The van der Waals surface area contributed by atoms with Gasteiger partial charge in [0.2, 0.25) is 5.91 Å². The Hall–Kier alpha value is -3.17. The van der Waals surface area contributed by atoms with E-state index in [4.69, 9.17) is 32.0 Å². The van der Waals surface area contributed by atoms with Crippen LogP contribution >= 0.6 is 23.1 Å². The molecule has 42 heavy (non-hydrogen) atoms. The highest BCUT2D eigenvalue weighted by atomic mass is 35.5. The molecule has 13 nitrogen and oxygen atoms in total. The van der Waals surface area contributed by atoms with Gasteiger partial charge in [-0.2, -0.15) is 0 Å². The fraction of sp³-hybridized carbons (Fsp3) is 0.556. The van der Waals surface area contributed by atoms with Gasteiger partial charge in [-0.3, -0.25) is 24.2 Å². The summed E-state index contributed by atoms with van der Waals surface area (Å²) in [6.45, 7) is 10.4. The number of carboxylic acids is 3. The highest BCUT2D eigenvalue weighted by molar-refractivity contribution is 7.03. The highest BCUT2D eigenvalue weighted by Gasteiger charge is 2.41. The van der Waals surface area contributed by atoms with E-state index >= 15 is 0 Å². The van der Waals surface area contributed by atoms with Gasteiger partial charge in [-0.05, 0) is 43.1 Å². The van der Waals surface area contributed by atoms with Gasteiger partial charge in [0.25, 0.3) is 0 Å². The van der Waals surface area contributed by atoms with Gasteiger partial charge in [-0.15, -0.1) is 5.10 Å². The molecular formula is C27H36ClN5O8S. The summed E-state index contributed by atoms with van der Waals surface area (Å²) in [6.07, 6.45) is -2.29. The van der Waals surface area contributed by atoms with Gasteiger partial charge in [-0.1, -0.05) is 28.2 Å². The Bertz CT molecular complexity index is 1210. The fourth-order valence-corrected chi connectivity index (χ4v) is 5.78. The summed E-state index contributed by atoms with van der Waals surface area (Å²) in [4.78, 5) is 50.3. The van der Waals surface area contributed by atoms with Gasteiger partial charge in [0.15, 0.2) is 5.60 Å². The molecule has 0 aliphatic carbocycles. The maximum absolute atomic E-state index is 13.1. The van der Waals surface area contributed by atoms with Crippen LogP contribution < -0.4 is 0 Å². The van der Waals surface area contributed by atoms with Crippen LogP contribution in [0.15, 0.2) is 29.6 Å². The van der Waals surface area contributed by atoms with Crippen LogP contribution in [0.1, 0.15) is 49.8 Å². The van der Waals surface area contributed by atoms with Crippen LogP contribution in [0.5, 0.6) is 0 Å². The molecule has 230 valence electrons. The Morgan fingerprint density at radius 3 is 2.02 bits per heavy atom. The van der Waals surface area contributed by atoms with Crippen molar-refractivity contribution in [3.63, 3.8) is 0 Å². The Balaban J connectivity index is 0.000000316. The number of likely N-dealkylation sites (tertiary alicyclic amines) is 1. The molecular weight excluding hydrogens is 590 g/mol. The first-order chi connectivity index (χ1) is 19.8. The van der Waals surface area contributed by atoms with Gasteiger partial charge in [0, 0.05) is 67.5 Å². The van der Waals surface area contributed by atoms with Crippen molar-refractivity contribution >= 4 is 46.9 Å². The minimum atomic E-state index is -2.74. The molecule has 0 unspecified atom stereocenters. The van der Waals surface area contributed by atoms with Gasteiger partial charge in [-0.25, -0.2) is 4.79 Å². The van der Waals surface area contributed by atoms with Crippen LogP contribution in [0.25, 0.3) is 0 Å². The van der Waals surface area contributed by atoms with Crippen LogP contribution in [0, 0.1) is 0 Å². The van der Waals surface area contributed by atoms with Crippen LogP contribution in [-0.2, 0) is 19.2 Å². The number of carbonyl (C=O) groups excluding carboxylic acids is 1. The molecule has 15 heteroatoms. The van der Waals surface area contributed by atoms with Gasteiger partial charge < -0.3 is 25.3 Å². The summed E-state index contributed by atoms with van der Waals surface area (Å²) >= 11 is 7.45. The third kappa shape index (κ3) is 9.16. The predicted molar refractivity (Wildman–Crippen MR) is 154 cm³/mol. The van der Waals surface area contributed by atoms with Gasteiger partial charge >= 0.3 is 17.9 Å². The molecule has 1 aromatic carbocycles. The molecule has 1 aromatic heterocycles. The second-order valence-corrected chi connectivity index (χ2v) is 11.8. The van der Waals surface area contributed by atoms with E-state index in [0.717, 1.165) is 36.9 Å². The third-order valence-electron chi connectivity index (χ3n) is 7.51. The van der Waals surface area contributed by atoms with Crippen LogP contribution in [-0.4, -0.2) is 126 Å². The Labute approximate surface area is 252 Å². The number of hydrogen-bond donors (Lipinski definition) is 4. The number of carboxylic acid groups (broad SMARTS) is 3. The number of rotatable bonds is 10. The number of halogens is 1. The van der Waals surface area contributed by atoms with Gasteiger partial charge in [0.05, 0.1) is 25.1 Å². The molecule has 2 saturated heterocycles. The molecule has 3 heterocycles. The second-order valence-electron chi connectivity index (χ2n) is 10.8. The number of aromatic nitrogens is 2. The van der Waals surface area contributed by atoms with Crippen LogP contribution in [0.3, 0.4) is 0 Å². The minimum Gasteiger partial charge on any atom is -0.481 e. The third-order valence-corrected chi connectivity index (χ3v) is 8.28. The van der Waals surface area contributed by atoms with E-state index in [1.807, 2.05) is 22.4 Å². The molecule has 4 N–H and O–H groups in total. The first kappa shape index (κ1) is 33.3. The van der Waals surface area contributed by atoms with Crippen molar-refractivity contribution in [2.45, 2.75) is 50.2 Å². The molecule has 0 saturated carbocycles. The molecule has 2 aliphatic heterocycles. The number of aliphatic hydroxyl groups is 1. The largest absolute Gasteiger partial charge is 0.481 e. The SMILES string of the molecule is CC(C)N1CCN(CC(=O)N2C[C@H](c3ccc(Cl)cc3)[C@@H](c3csnn3)C2)CC1.O=C(O)CC(O)(CC(=O)O)C(=O)O. The second kappa shape index (κ2) is 14.8. The lowest BCUT2D eigenvalue weighted by atomic mass is 9.87. The predicted octanol–water partition coefficient (Wildman–Crippen LogP) is 1.68. The Morgan fingerprint density at radius 2 is 1.55 bits per heavy atom. The summed E-state index contributed by atoms with van der Waals surface area (Å²) < 4.78 is 4.05. The van der Waals surface area contributed by atoms with Crippen LogP contribution in [0.4, 0.5) is 0 Å². The zero-order valence-electron chi connectivity index (χ0n) is 23.4. The number of nitrogens with zero attached hydrogens (tertiary/aromatic N) is 5. The van der Waals surface area contributed by atoms with E-state index in [1.165, 1.54) is 17.1 Å². The van der Waals surface area contributed by atoms with E-state index in [0.29, 0.717) is 25.7 Å². The normalized spacial score (nSPS) is 19.8. The molecule has 2 aromatic rings. The van der Waals surface area contributed by atoms with E-state index < -0.39 is 36.4 Å². The van der Waals surface area contributed by atoms with E-state index in [-0.39, 0.29) is 17.7 Å². The van der Waals surface area contributed by atoms with Crippen molar-refractivity contribution in [1.29, 1.82) is 0 Å². The summed E-state index contributed by atoms with van der Waals surface area (Å²) in [5, 5.41) is 40.9. The van der Waals surface area contributed by atoms with Crippen molar-refractivity contribution in [2.75, 3.05) is 45.8 Å². The smallest absolute Gasteiger partial charge is 0.336 e. The molecule has 4 rings (SSSR count). The van der Waals surface area contributed by atoms with Crippen molar-refractivity contribution in [3.05, 3.63) is 45.9 Å². The van der Waals surface area contributed by atoms with Crippen molar-refractivity contribution in [3.8, 4) is 0 Å². The number of benzene rings is 1. The minimum absolute atomic E-state index is 0.177. The standard InChI is InChI=1S/C21H28ClN5OS.C6H8O7/c1-15(2)26-9-7-25(8-10-26)13-21(28)27-11-18(16-3-5-17(22)6-4-16)19(12-27)20-14-29-24-23-20;7-3(8)1-6(13,5(11)12)2-4(9)10/h3-6,14-15,18-19H,7-13H2,1-2H3;13H,1-2H2,(H,7,8)(H,9,10)(H,11,12)/t18-,19+;/m1./s1. The quantitative estimate of drug-likeness (QED) is 0.300. The molecule has 2 atom stereocenters. The topological polar surface area (TPSA) is 185 Å². The van der Waals surface area contributed by atoms with Crippen molar-refractivity contribution in [1.82, 2.24) is 24.3 Å². The first-order valence-electron chi connectivity index (χ1n) is 13.4. The number of hydrogen-bond acceptors (Lipinski definition) is 10. The molecule has 2 fully saturated rings. The zero-order chi connectivity index (χ0) is 31.0. The molecule has 0 spiro atoms. The zero-order valence-corrected chi connectivity index (χ0v) is 25.0. The summed E-state index contributed by atoms with van der Waals surface area (Å²) in [7, 11) is 0. The van der Waals surface area contributed by atoms with E-state index in [1.54, 1.807) is 0 Å². The number of aliphatic carboxylic acids is 3. The first-order valence-corrected chi connectivity index (χ1v) is 14.7. The van der Waals surface area contributed by atoms with E-state index in [9.17, 15) is 19.2 Å². The van der Waals surface area contributed by atoms with Crippen molar-refractivity contribution in [2.24, 2.45) is 0 Å². The molecule has 0 radical (unpaired) electrons. The number of amides is 1. The van der Waals surface area contributed by atoms with E-state index in [2.05, 4.69) is 45.4 Å². The highest BCUT2D eigenvalue weighted by Crippen LogP contribution is 2.39. The maximum Gasteiger partial charge on any atom is 0.336 e. The average Bonchev–Trinajstić information content (AvgIpc) is 3.59. The average molecular weight is 626 g/mol. The van der Waals surface area contributed by atoms with Crippen molar-refractivity contribution < 1.29 is 39.6 Å².